The number of hydrogen-bond acceptors (Lipinski definition) is 6. The Morgan fingerprint density at radius 2 is 1.79 bits per heavy atom. The monoisotopic (exact) mass is 448 g/mol. The lowest BCUT2D eigenvalue weighted by Crippen LogP contribution is -2.41. The lowest BCUT2D eigenvalue weighted by Gasteiger charge is -2.29. The standard InChI is InChI=1S/C25H24N2O6/c1-30-22-10-8-17(14-23(22)31-2)25(29)26-18-9-11-21-20(15-18)27(24(28)16-33-21)12-13-32-19-6-4-3-5-7-19/h3-11,14-15H,12-13,16H2,1-2H3,(H,26,29). The number of nitrogens with zero attached hydrogens (tertiary/aromatic N) is 1. The first kappa shape index (κ1) is 22.0. The molecule has 0 bridgehead atoms. The minimum atomic E-state index is -0.321. The Labute approximate surface area is 191 Å². The Morgan fingerprint density at radius 3 is 2.55 bits per heavy atom. The molecule has 0 atom stereocenters. The van der Waals surface area contributed by atoms with Crippen molar-refractivity contribution < 1.29 is 28.5 Å². The van der Waals surface area contributed by atoms with Crippen molar-refractivity contribution in [3.63, 3.8) is 0 Å². The van der Waals surface area contributed by atoms with Gasteiger partial charge in [-0.1, -0.05) is 18.2 Å². The summed E-state index contributed by atoms with van der Waals surface area (Å²) in [5, 5.41) is 2.85. The van der Waals surface area contributed by atoms with Crippen LogP contribution < -0.4 is 29.2 Å². The third kappa shape index (κ3) is 5.01. The van der Waals surface area contributed by atoms with Gasteiger partial charge in [0.2, 0.25) is 0 Å². The molecule has 4 rings (SSSR count). The van der Waals surface area contributed by atoms with Crippen molar-refractivity contribution in [3.05, 3.63) is 72.3 Å². The van der Waals surface area contributed by atoms with Crippen molar-refractivity contribution in [1.82, 2.24) is 0 Å². The minimum absolute atomic E-state index is 0.0459. The molecule has 2 amide bonds. The van der Waals surface area contributed by atoms with E-state index >= 15 is 0 Å². The number of carbonyl (C=O) groups excluding carboxylic acids is 2. The number of carbonyl (C=O) groups is 2. The fraction of sp³-hybridized carbons (Fsp3) is 0.200. The first-order valence-corrected chi connectivity index (χ1v) is 10.4. The zero-order valence-corrected chi connectivity index (χ0v) is 18.4. The van der Waals surface area contributed by atoms with Crippen molar-refractivity contribution in [2.45, 2.75) is 0 Å². The maximum absolute atomic E-state index is 12.8. The molecule has 1 aliphatic heterocycles. The van der Waals surface area contributed by atoms with Gasteiger partial charge in [-0.15, -0.1) is 0 Å². The largest absolute Gasteiger partial charge is 0.493 e. The Morgan fingerprint density at radius 1 is 1.00 bits per heavy atom. The third-order valence-electron chi connectivity index (χ3n) is 5.13. The molecule has 8 heteroatoms. The van der Waals surface area contributed by atoms with E-state index < -0.39 is 0 Å². The molecule has 1 aliphatic rings. The van der Waals surface area contributed by atoms with Crippen molar-refractivity contribution >= 4 is 23.2 Å². The first-order chi connectivity index (χ1) is 16.1. The summed E-state index contributed by atoms with van der Waals surface area (Å²) in [6.07, 6.45) is 0. The van der Waals surface area contributed by atoms with Crippen molar-refractivity contribution in [1.29, 1.82) is 0 Å². The van der Waals surface area contributed by atoms with Crippen molar-refractivity contribution in [3.8, 4) is 23.0 Å². The number of benzene rings is 3. The van der Waals surface area contributed by atoms with E-state index in [4.69, 9.17) is 18.9 Å². The zero-order chi connectivity index (χ0) is 23.2. The summed E-state index contributed by atoms with van der Waals surface area (Å²) in [7, 11) is 3.04. The van der Waals surface area contributed by atoms with Crippen LogP contribution in [-0.2, 0) is 4.79 Å². The van der Waals surface area contributed by atoms with Gasteiger partial charge in [-0.25, -0.2) is 0 Å². The van der Waals surface area contributed by atoms with Gasteiger partial charge < -0.3 is 29.2 Å². The highest BCUT2D eigenvalue weighted by Gasteiger charge is 2.26. The highest BCUT2D eigenvalue weighted by molar-refractivity contribution is 6.05. The van der Waals surface area contributed by atoms with Crippen LogP contribution >= 0.6 is 0 Å². The van der Waals surface area contributed by atoms with Gasteiger partial charge in [0.25, 0.3) is 11.8 Å². The summed E-state index contributed by atoms with van der Waals surface area (Å²) in [6, 6.07) is 19.5. The fourth-order valence-corrected chi connectivity index (χ4v) is 3.48. The summed E-state index contributed by atoms with van der Waals surface area (Å²) >= 11 is 0. The Bertz CT molecular complexity index is 1150. The van der Waals surface area contributed by atoms with Crippen LogP contribution in [0.25, 0.3) is 0 Å². The summed E-state index contributed by atoms with van der Waals surface area (Å²) in [5.74, 6) is 1.79. The molecule has 0 saturated heterocycles. The van der Waals surface area contributed by atoms with Crippen LogP contribution in [0.1, 0.15) is 10.4 Å². The van der Waals surface area contributed by atoms with Gasteiger partial charge in [0.05, 0.1) is 26.5 Å². The molecule has 0 aliphatic carbocycles. The summed E-state index contributed by atoms with van der Waals surface area (Å²) in [6.45, 7) is 0.615. The molecule has 8 nitrogen and oxygen atoms in total. The molecule has 1 heterocycles. The molecule has 3 aromatic carbocycles. The average molecular weight is 448 g/mol. The van der Waals surface area contributed by atoms with Gasteiger partial charge >= 0.3 is 0 Å². The number of ether oxygens (including phenoxy) is 4. The van der Waals surface area contributed by atoms with E-state index in [-0.39, 0.29) is 18.4 Å². The molecule has 0 saturated carbocycles. The molecule has 3 aromatic rings. The van der Waals surface area contributed by atoms with Crippen molar-refractivity contribution in [2.75, 3.05) is 44.2 Å². The molecule has 170 valence electrons. The second kappa shape index (κ2) is 9.95. The summed E-state index contributed by atoms with van der Waals surface area (Å²) in [4.78, 5) is 26.9. The fourth-order valence-electron chi connectivity index (χ4n) is 3.48. The molecular formula is C25H24N2O6. The summed E-state index contributed by atoms with van der Waals surface area (Å²) in [5.41, 5.74) is 1.51. The number of fused-ring (bicyclic) bond motifs is 1. The first-order valence-electron chi connectivity index (χ1n) is 10.4. The maximum atomic E-state index is 12.8. The molecule has 0 aromatic heterocycles. The number of hydrogen-bond donors (Lipinski definition) is 1. The van der Waals surface area contributed by atoms with Crippen LogP contribution in [0.4, 0.5) is 11.4 Å². The SMILES string of the molecule is COc1ccc(C(=O)Nc2ccc3c(c2)N(CCOc2ccccc2)C(=O)CO3)cc1OC. The lowest BCUT2D eigenvalue weighted by molar-refractivity contribution is -0.121. The normalized spacial score (nSPS) is 12.4. The lowest BCUT2D eigenvalue weighted by atomic mass is 10.1. The van der Waals surface area contributed by atoms with Crippen molar-refractivity contribution in [2.24, 2.45) is 0 Å². The quantitative estimate of drug-likeness (QED) is 0.565. The van der Waals surface area contributed by atoms with E-state index in [9.17, 15) is 9.59 Å². The molecule has 33 heavy (non-hydrogen) atoms. The summed E-state index contributed by atoms with van der Waals surface area (Å²) < 4.78 is 21.8. The van der Waals surface area contributed by atoms with E-state index in [0.29, 0.717) is 47.3 Å². The second-order valence-electron chi connectivity index (χ2n) is 7.20. The van der Waals surface area contributed by atoms with Gasteiger partial charge in [0, 0.05) is 11.3 Å². The number of methoxy groups -OCH3 is 2. The highest BCUT2D eigenvalue weighted by Crippen LogP contribution is 2.35. The number of rotatable bonds is 8. The van der Waals surface area contributed by atoms with Gasteiger partial charge in [-0.05, 0) is 48.5 Å². The Balaban J connectivity index is 1.49. The average Bonchev–Trinajstić information content (AvgIpc) is 2.85. The predicted octanol–water partition coefficient (Wildman–Crippen LogP) is 3.76. The zero-order valence-electron chi connectivity index (χ0n) is 18.4. The predicted molar refractivity (Wildman–Crippen MR) is 124 cm³/mol. The molecule has 0 spiro atoms. The molecule has 0 radical (unpaired) electrons. The van der Waals surface area contributed by atoms with Crippen LogP contribution in [0, 0.1) is 0 Å². The molecule has 1 N–H and O–H groups in total. The minimum Gasteiger partial charge on any atom is -0.493 e. The number of para-hydroxylation sites is 1. The second-order valence-corrected chi connectivity index (χ2v) is 7.20. The van der Waals surface area contributed by atoms with Gasteiger partial charge in [-0.2, -0.15) is 0 Å². The Hall–Kier alpha value is -4.20. The molecular weight excluding hydrogens is 424 g/mol. The number of amides is 2. The number of nitrogens with one attached hydrogen (secondary N) is 1. The van der Waals surface area contributed by atoms with E-state index in [0.717, 1.165) is 5.75 Å². The smallest absolute Gasteiger partial charge is 0.265 e. The molecule has 0 unspecified atom stereocenters. The Kier molecular flexibility index (Phi) is 6.64. The molecule has 0 fully saturated rings. The van der Waals surface area contributed by atoms with E-state index in [1.54, 1.807) is 41.3 Å². The van der Waals surface area contributed by atoms with Crippen LogP contribution in [0.5, 0.6) is 23.0 Å². The third-order valence-corrected chi connectivity index (χ3v) is 5.13. The van der Waals surface area contributed by atoms with Gasteiger partial charge in [0.15, 0.2) is 18.1 Å². The van der Waals surface area contributed by atoms with Crippen LogP contribution in [0.15, 0.2) is 66.7 Å². The van der Waals surface area contributed by atoms with Gasteiger partial charge in [0.1, 0.15) is 18.1 Å². The van der Waals surface area contributed by atoms with Crippen LogP contribution in [-0.4, -0.2) is 45.8 Å². The number of anilines is 2. The van der Waals surface area contributed by atoms with Crippen LogP contribution in [0.2, 0.25) is 0 Å². The van der Waals surface area contributed by atoms with E-state index in [2.05, 4.69) is 5.32 Å². The van der Waals surface area contributed by atoms with E-state index in [1.807, 2.05) is 30.3 Å². The topological polar surface area (TPSA) is 86.3 Å². The van der Waals surface area contributed by atoms with E-state index in [1.165, 1.54) is 14.2 Å². The maximum Gasteiger partial charge on any atom is 0.265 e. The van der Waals surface area contributed by atoms with Crippen LogP contribution in [0.3, 0.4) is 0 Å². The highest BCUT2D eigenvalue weighted by atomic mass is 16.5. The van der Waals surface area contributed by atoms with Gasteiger partial charge in [-0.3, -0.25) is 9.59 Å².